The van der Waals surface area contributed by atoms with Crippen molar-refractivity contribution in [1.29, 1.82) is 0 Å². The molecule has 8 nitrogen and oxygen atoms in total. The lowest BCUT2D eigenvalue weighted by Gasteiger charge is -2.06. The molecule has 0 saturated heterocycles. The van der Waals surface area contributed by atoms with Crippen molar-refractivity contribution in [2.24, 2.45) is 7.05 Å². The van der Waals surface area contributed by atoms with Crippen molar-refractivity contribution in [3.8, 4) is 0 Å². The van der Waals surface area contributed by atoms with Crippen molar-refractivity contribution in [1.82, 2.24) is 14.5 Å². The van der Waals surface area contributed by atoms with Crippen LogP contribution in [0, 0.1) is 10.1 Å². The number of nitrogens with two attached hydrogens (primary N) is 1. The zero-order valence-corrected chi connectivity index (χ0v) is 10.4. The summed E-state index contributed by atoms with van der Waals surface area (Å²) in [5, 5.41) is 13.7. The monoisotopic (exact) mass is 262 g/mol. The van der Waals surface area contributed by atoms with E-state index in [1.165, 1.54) is 12.1 Å². The first-order valence-electron chi connectivity index (χ1n) is 5.68. The Balaban J connectivity index is 2.00. The number of nitro groups is 1. The maximum absolute atomic E-state index is 10.7. The van der Waals surface area contributed by atoms with E-state index < -0.39 is 4.92 Å². The minimum absolute atomic E-state index is 0.0769. The van der Waals surface area contributed by atoms with Crippen molar-refractivity contribution in [2.75, 3.05) is 17.6 Å². The van der Waals surface area contributed by atoms with Crippen molar-refractivity contribution < 1.29 is 4.92 Å². The van der Waals surface area contributed by atoms with Gasteiger partial charge in [-0.15, -0.1) is 0 Å². The lowest BCUT2D eigenvalue weighted by atomic mass is 10.3. The zero-order chi connectivity index (χ0) is 13.8. The molecule has 0 aliphatic carbocycles. The van der Waals surface area contributed by atoms with E-state index in [1.807, 2.05) is 17.8 Å². The van der Waals surface area contributed by atoms with E-state index in [1.54, 1.807) is 6.20 Å². The summed E-state index contributed by atoms with van der Waals surface area (Å²) in [5.41, 5.74) is 5.44. The number of hydrogen-bond donors (Lipinski definition) is 2. The van der Waals surface area contributed by atoms with Gasteiger partial charge in [0.15, 0.2) is 0 Å². The first-order chi connectivity index (χ1) is 9.06. The minimum atomic E-state index is -0.498. The highest BCUT2D eigenvalue weighted by Gasteiger charge is 2.09. The summed E-state index contributed by atoms with van der Waals surface area (Å²) in [6.07, 6.45) is 4.27. The normalized spacial score (nSPS) is 10.4. The molecule has 0 radical (unpaired) electrons. The number of rotatable bonds is 5. The molecule has 0 atom stereocenters. The smallest absolute Gasteiger partial charge is 0.276 e. The lowest BCUT2D eigenvalue weighted by Crippen LogP contribution is -2.10. The molecular formula is C11H14N6O2. The van der Waals surface area contributed by atoms with E-state index in [2.05, 4.69) is 15.3 Å². The molecule has 0 aliphatic rings. The first-order valence-corrected chi connectivity index (χ1v) is 5.68. The van der Waals surface area contributed by atoms with Crippen LogP contribution < -0.4 is 11.1 Å². The molecule has 0 spiro atoms. The van der Waals surface area contributed by atoms with Crippen molar-refractivity contribution in [3.05, 3.63) is 40.5 Å². The fourth-order valence-electron chi connectivity index (χ4n) is 1.67. The molecule has 0 fully saturated rings. The second-order valence-corrected chi connectivity index (χ2v) is 4.02. The number of aromatic nitrogens is 3. The quantitative estimate of drug-likeness (QED) is 0.613. The summed E-state index contributed by atoms with van der Waals surface area (Å²) in [6.45, 7) is 0.568. The molecule has 0 aliphatic heterocycles. The van der Waals surface area contributed by atoms with Gasteiger partial charge in [0.05, 0.1) is 17.1 Å². The van der Waals surface area contributed by atoms with Crippen LogP contribution in [0.5, 0.6) is 0 Å². The first kappa shape index (κ1) is 12.8. The van der Waals surface area contributed by atoms with Gasteiger partial charge in [-0.1, -0.05) is 0 Å². The second kappa shape index (κ2) is 5.34. The summed E-state index contributed by atoms with van der Waals surface area (Å²) < 4.78 is 1.91. The average Bonchev–Trinajstić information content (AvgIpc) is 2.74. The van der Waals surface area contributed by atoms with Crippen LogP contribution in [-0.2, 0) is 13.5 Å². The Morgan fingerprint density at radius 1 is 1.53 bits per heavy atom. The van der Waals surface area contributed by atoms with Crippen LogP contribution in [0.3, 0.4) is 0 Å². The van der Waals surface area contributed by atoms with Gasteiger partial charge in [-0.3, -0.25) is 10.1 Å². The molecule has 2 rings (SSSR count). The predicted molar refractivity (Wildman–Crippen MR) is 70.7 cm³/mol. The highest BCUT2D eigenvalue weighted by molar-refractivity contribution is 5.52. The Labute approximate surface area is 109 Å². The molecule has 2 aromatic heterocycles. The van der Waals surface area contributed by atoms with E-state index in [0.29, 0.717) is 18.8 Å². The van der Waals surface area contributed by atoms with Crippen LogP contribution in [0.4, 0.5) is 17.3 Å². The highest BCUT2D eigenvalue weighted by Crippen LogP contribution is 2.18. The topological polar surface area (TPSA) is 112 Å². The number of anilines is 2. The maximum atomic E-state index is 10.7. The largest absolute Gasteiger partial charge is 0.383 e. The molecule has 2 aromatic rings. The second-order valence-electron chi connectivity index (χ2n) is 4.02. The van der Waals surface area contributed by atoms with Crippen LogP contribution in [-0.4, -0.2) is 26.0 Å². The molecule has 0 bridgehead atoms. The van der Waals surface area contributed by atoms with E-state index >= 15 is 0 Å². The Kier molecular flexibility index (Phi) is 3.60. The van der Waals surface area contributed by atoms with Crippen LogP contribution in [0.1, 0.15) is 5.82 Å². The molecule has 0 unspecified atom stereocenters. The maximum Gasteiger partial charge on any atom is 0.276 e. The van der Waals surface area contributed by atoms with Gasteiger partial charge in [-0.25, -0.2) is 9.97 Å². The number of imidazole rings is 1. The molecule has 19 heavy (non-hydrogen) atoms. The van der Waals surface area contributed by atoms with Gasteiger partial charge in [-0.05, 0) is 0 Å². The number of aryl methyl sites for hydroxylation is 1. The standard InChI is InChI=1S/C11H14N6O2/c1-16-5-4-14-11(16)2-3-13-10-7-8(17(18)19)6-9(12)15-10/h4-7H,2-3H2,1H3,(H3,12,13,15). The van der Waals surface area contributed by atoms with Crippen molar-refractivity contribution >= 4 is 17.3 Å². The summed E-state index contributed by atoms with van der Waals surface area (Å²) in [5.74, 6) is 1.43. The summed E-state index contributed by atoms with van der Waals surface area (Å²) in [4.78, 5) is 18.4. The van der Waals surface area contributed by atoms with Crippen LogP contribution >= 0.6 is 0 Å². The highest BCUT2D eigenvalue weighted by atomic mass is 16.6. The number of hydrogen-bond acceptors (Lipinski definition) is 6. The van der Waals surface area contributed by atoms with Gasteiger partial charge >= 0.3 is 0 Å². The Morgan fingerprint density at radius 2 is 2.32 bits per heavy atom. The van der Waals surface area contributed by atoms with Gasteiger partial charge in [0.1, 0.15) is 17.5 Å². The van der Waals surface area contributed by atoms with E-state index in [-0.39, 0.29) is 11.5 Å². The third-order valence-electron chi connectivity index (χ3n) is 2.62. The molecular weight excluding hydrogens is 248 g/mol. The Morgan fingerprint density at radius 3 is 2.95 bits per heavy atom. The fraction of sp³-hybridized carbons (Fsp3) is 0.273. The van der Waals surface area contributed by atoms with E-state index in [0.717, 1.165) is 5.82 Å². The summed E-state index contributed by atoms with van der Waals surface area (Å²) >= 11 is 0. The van der Waals surface area contributed by atoms with E-state index in [9.17, 15) is 10.1 Å². The molecule has 0 amide bonds. The van der Waals surface area contributed by atoms with Gasteiger partial charge in [-0.2, -0.15) is 0 Å². The van der Waals surface area contributed by atoms with Crippen molar-refractivity contribution in [3.63, 3.8) is 0 Å². The molecule has 100 valence electrons. The van der Waals surface area contributed by atoms with Crippen molar-refractivity contribution in [2.45, 2.75) is 6.42 Å². The number of nitrogens with one attached hydrogen (secondary N) is 1. The summed E-state index contributed by atoms with van der Waals surface area (Å²) in [6, 6.07) is 2.58. The van der Waals surface area contributed by atoms with Gasteiger partial charge in [0, 0.05) is 32.4 Å². The Hall–Kier alpha value is -2.64. The lowest BCUT2D eigenvalue weighted by molar-refractivity contribution is -0.384. The van der Waals surface area contributed by atoms with Crippen LogP contribution in [0.15, 0.2) is 24.5 Å². The fourth-order valence-corrected chi connectivity index (χ4v) is 1.67. The Bertz CT molecular complexity index is 595. The average molecular weight is 262 g/mol. The van der Waals surface area contributed by atoms with Gasteiger partial charge < -0.3 is 15.6 Å². The summed E-state index contributed by atoms with van der Waals surface area (Å²) in [7, 11) is 1.91. The molecule has 0 saturated carbocycles. The third kappa shape index (κ3) is 3.18. The molecule has 3 N–H and O–H groups in total. The number of nitrogens with zero attached hydrogens (tertiary/aromatic N) is 4. The number of pyridine rings is 1. The van der Waals surface area contributed by atoms with E-state index in [4.69, 9.17) is 5.73 Å². The van der Waals surface area contributed by atoms with Gasteiger partial charge in [0.25, 0.3) is 5.69 Å². The number of nitrogen functional groups attached to an aromatic ring is 1. The molecule has 8 heteroatoms. The molecule has 0 aromatic carbocycles. The predicted octanol–water partition coefficient (Wildman–Crippen LogP) is 0.960. The third-order valence-corrected chi connectivity index (χ3v) is 2.62. The minimum Gasteiger partial charge on any atom is -0.383 e. The van der Waals surface area contributed by atoms with Crippen LogP contribution in [0.25, 0.3) is 0 Å². The molecule has 2 heterocycles. The SMILES string of the molecule is Cn1ccnc1CCNc1cc([N+](=O)[O-])cc(N)n1. The van der Waals surface area contributed by atoms with Crippen LogP contribution in [0.2, 0.25) is 0 Å². The van der Waals surface area contributed by atoms with Gasteiger partial charge in [0.2, 0.25) is 0 Å². The zero-order valence-electron chi connectivity index (χ0n) is 10.4.